The normalized spacial score (nSPS) is 15.8. The van der Waals surface area contributed by atoms with E-state index in [2.05, 4.69) is 37.0 Å². The molecule has 1 heteroatoms. The molecule has 16 heavy (non-hydrogen) atoms. The molecule has 1 aliphatic carbocycles. The third-order valence-corrected chi connectivity index (χ3v) is 3.34. The first-order chi connectivity index (χ1) is 7.79. The van der Waals surface area contributed by atoms with Crippen LogP contribution < -0.4 is 5.32 Å². The van der Waals surface area contributed by atoms with Crippen molar-refractivity contribution in [3.63, 3.8) is 0 Å². The first-order valence-electron chi connectivity index (χ1n) is 6.24. The highest BCUT2D eigenvalue weighted by molar-refractivity contribution is 5.35. The first-order valence-corrected chi connectivity index (χ1v) is 6.24. The van der Waals surface area contributed by atoms with Crippen molar-refractivity contribution in [2.45, 2.75) is 45.2 Å². The molecule has 1 aromatic carbocycles. The average molecular weight is 215 g/mol. The second-order valence-electron chi connectivity index (χ2n) is 4.76. The minimum Gasteiger partial charge on any atom is -0.310 e. The van der Waals surface area contributed by atoms with E-state index in [4.69, 9.17) is 0 Å². The molecule has 1 atom stereocenters. The van der Waals surface area contributed by atoms with E-state index < -0.39 is 0 Å². The molecule has 0 heterocycles. The number of rotatable bonds is 5. The zero-order valence-corrected chi connectivity index (χ0v) is 10.1. The van der Waals surface area contributed by atoms with Crippen LogP contribution in [0.4, 0.5) is 0 Å². The van der Waals surface area contributed by atoms with Crippen molar-refractivity contribution in [2.75, 3.05) is 0 Å². The maximum atomic E-state index is 3.76. The molecule has 0 saturated heterocycles. The summed E-state index contributed by atoms with van der Waals surface area (Å²) in [4.78, 5) is 0. The lowest BCUT2D eigenvalue weighted by Gasteiger charge is -2.12. The van der Waals surface area contributed by atoms with Gasteiger partial charge in [-0.15, -0.1) is 6.58 Å². The standard InChI is InChI=1S/C15H21N/c1-3-5-12(2)16-11-13-8-9-14-6-4-7-15(14)10-13/h3,8-10,12,16H,1,4-7,11H2,2H3. The zero-order chi connectivity index (χ0) is 11.4. The van der Waals surface area contributed by atoms with Gasteiger partial charge in [-0.1, -0.05) is 24.3 Å². The quantitative estimate of drug-likeness (QED) is 0.744. The molecule has 86 valence electrons. The highest BCUT2D eigenvalue weighted by Crippen LogP contribution is 2.22. The fourth-order valence-electron chi connectivity index (χ4n) is 2.36. The van der Waals surface area contributed by atoms with E-state index in [1.807, 2.05) is 6.08 Å². The van der Waals surface area contributed by atoms with Gasteiger partial charge in [0.2, 0.25) is 0 Å². The van der Waals surface area contributed by atoms with Gasteiger partial charge in [-0.3, -0.25) is 0 Å². The second-order valence-corrected chi connectivity index (χ2v) is 4.76. The Hall–Kier alpha value is -1.08. The third-order valence-electron chi connectivity index (χ3n) is 3.34. The van der Waals surface area contributed by atoms with Gasteiger partial charge in [-0.2, -0.15) is 0 Å². The lowest BCUT2D eigenvalue weighted by Crippen LogP contribution is -2.24. The van der Waals surface area contributed by atoms with E-state index in [0.717, 1.165) is 13.0 Å². The maximum absolute atomic E-state index is 3.76. The predicted molar refractivity (Wildman–Crippen MR) is 69.6 cm³/mol. The molecule has 1 unspecified atom stereocenters. The summed E-state index contributed by atoms with van der Waals surface area (Å²) in [6.07, 6.45) is 6.88. The molecule has 0 radical (unpaired) electrons. The summed E-state index contributed by atoms with van der Waals surface area (Å²) in [6.45, 7) is 6.94. The van der Waals surface area contributed by atoms with Crippen LogP contribution in [0.5, 0.6) is 0 Å². The fraction of sp³-hybridized carbons (Fsp3) is 0.467. The molecule has 1 aromatic rings. The minimum absolute atomic E-state index is 0.519. The number of nitrogens with one attached hydrogen (secondary N) is 1. The van der Waals surface area contributed by atoms with Crippen molar-refractivity contribution < 1.29 is 0 Å². The van der Waals surface area contributed by atoms with Gasteiger partial charge in [0.1, 0.15) is 0 Å². The van der Waals surface area contributed by atoms with Crippen molar-refractivity contribution in [3.05, 3.63) is 47.5 Å². The summed E-state index contributed by atoms with van der Waals surface area (Å²) >= 11 is 0. The van der Waals surface area contributed by atoms with Crippen LogP contribution in [0.1, 0.15) is 36.5 Å². The highest BCUT2D eigenvalue weighted by atomic mass is 14.9. The zero-order valence-electron chi connectivity index (χ0n) is 10.1. The van der Waals surface area contributed by atoms with Gasteiger partial charge in [0.15, 0.2) is 0 Å². The van der Waals surface area contributed by atoms with Crippen LogP contribution in [0.3, 0.4) is 0 Å². The highest BCUT2D eigenvalue weighted by Gasteiger charge is 2.10. The van der Waals surface area contributed by atoms with Crippen LogP contribution >= 0.6 is 0 Å². The topological polar surface area (TPSA) is 12.0 Å². The molecular formula is C15H21N. The van der Waals surface area contributed by atoms with E-state index >= 15 is 0 Å². The summed E-state index contributed by atoms with van der Waals surface area (Å²) in [5.41, 5.74) is 4.54. The maximum Gasteiger partial charge on any atom is 0.0208 e. The van der Waals surface area contributed by atoms with Crippen LogP contribution in [-0.4, -0.2) is 6.04 Å². The molecular weight excluding hydrogens is 194 g/mol. The lowest BCUT2D eigenvalue weighted by molar-refractivity contribution is 0.553. The van der Waals surface area contributed by atoms with Crippen molar-refractivity contribution in [1.29, 1.82) is 0 Å². The van der Waals surface area contributed by atoms with Crippen molar-refractivity contribution >= 4 is 0 Å². The van der Waals surface area contributed by atoms with Gasteiger partial charge in [0.05, 0.1) is 0 Å². The van der Waals surface area contributed by atoms with E-state index in [-0.39, 0.29) is 0 Å². The molecule has 0 spiro atoms. The number of hydrogen-bond acceptors (Lipinski definition) is 1. The van der Waals surface area contributed by atoms with Gasteiger partial charge in [-0.05, 0) is 49.3 Å². The Morgan fingerprint density at radius 2 is 2.19 bits per heavy atom. The summed E-state index contributed by atoms with van der Waals surface area (Å²) in [5, 5.41) is 3.52. The number of benzene rings is 1. The van der Waals surface area contributed by atoms with Gasteiger partial charge in [-0.25, -0.2) is 0 Å². The molecule has 0 aromatic heterocycles. The number of hydrogen-bond donors (Lipinski definition) is 1. The Labute approximate surface area is 98.6 Å². The summed E-state index contributed by atoms with van der Waals surface area (Å²) < 4.78 is 0. The molecule has 2 rings (SSSR count). The van der Waals surface area contributed by atoms with E-state index in [1.165, 1.54) is 24.8 Å². The largest absolute Gasteiger partial charge is 0.310 e. The van der Waals surface area contributed by atoms with Crippen LogP contribution in [0.25, 0.3) is 0 Å². The summed E-state index contributed by atoms with van der Waals surface area (Å²) in [7, 11) is 0. The predicted octanol–water partition coefficient (Wildman–Crippen LogP) is 3.23. The van der Waals surface area contributed by atoms with Crippen LogP contribution in [-0.2, 0) is 19.4 Å². The monoisotopic (exact) mass is 215 g/mol. The number of aryl methyl sites for hydroxylation is 2. The van der Waals surface area contributed by atoms with Crippen molar-refractivity contribution in [3.8, 4) is 0 Å². The minimum atomic E-state index is 0.519. The van der Waals surface area contributed by atoms with Crippen LogP contribution in [0.2, 0.25) is 0 Å². The molecule has 0 aliphatic heterocycles. The van der Waals surface area contributed by atoms with Gasteiger partial charge in [0.25, 0.3) is 0 Å². The fourth-order valence-corrected chi connectivity index (χ4v) is 2.36. The molecule has 0 saturated carbocycles. The SMILES string of the molecule is C=CCC(C)NCc1ccc2c(c1)CCC2. The lowest BCUT2D eigenvalue weighted by atomic mass is 10.1. The van der Waals surface area contributed by atoms with Crippen LogP contribution in [0, 0.1) is 0 Å². The summed E-state index contributed by atoms with van der Waals surface area (Å²) in [6, 6.07) is 7.45. The van der Waals surface area contributed by atoms with Crippen molar-refractivity contribution in [1.82, 2.24) is 5.32 Å². The van der Waals surface area contributed by atoms with Crippen molar-refractivity contribution in [2.24, 2.45) is 0 Å². The Morgan fingerprint density at radius 3 is 3.00 bits per heavy atom. The Morgan fingerprint density at radius 1 is 1.38 bits per heavy atom. The third kappa shape index (κ3) is 2.73. The van der Waals surface area contributed by atoms with Gasteiger partial charge < -0.3 is 5.32 Å². The van der Waals surface area contributed by atoms with E-state index in [9.17, 15) is 0 Å². The Kier molecular flexibility index (Phi) is 3.79. The van der Waals surface area contributed by atoms with E-state index in [0.29, 0.717) is 6.04 Å². The Balaban J connectivity index is 1.92. The second kappa shape index (κ2) is 5.31. The first kappa shape index (κ1) is 11.4. The van der Waals surface area contributed by atoms with Gasteiger partial charge >= 0.3 is 0 Å². The van der Waals surface area contributed by atoms with Gasteiger partial charge in [0, 0.05) is 12.6 Å². The van der Waals surface area contributed by atoms with E-state index in [1.54, 1.807) is 11.1 Å². The molecule has 0 amide bonds. The molecule has 1 nitrogen and oxygen atoms in total. The smallest absolute Gasteiger partial charge is 0.0208 e. The average Bonchev–Trinajstić information content (AvgIpc) is 2.74. The molecule has 0 fully saturated rings. The molecule has 1 N–H and O–H groups in total. The number of fused-ring (bicyclic) bond motifs is 1. The summed E-state index contributed by atoms with van der Waals surface area (Å²) in [5.74, 6) is 0. The van der Waals surface area contributed by atoms with Crippen LogP contribution in [0.15, 0.2) is 30.9 Å². The molecule has 0 bridgehead atoms. The Bertz CT molecular complexity index is 368. The molecule has 1 aliphatic rings.